The van der Waals surface area contributed by atoms with Gasteiger partial charge in [0, 0.05) is 12.6 Å². The van der Waals surface area contributed by atoms with Crippen LogP contribution in [0.15, 0.2) is 18.2 Å². The van der Waals surface area contributed by atoms with Crippen LogP contribution in [0, 0.1) is 5.41 Å². The predicted molar refractivity (Wildman–Crippen MR) is 83.4 cm³/mol. The average Bonchev–Trinajstić information content (AvgIpc) is 2.45. The molecule has 2 aliphatic rings. The summed E-state index contributed by atoms with van der Waals surface area (Å²) < 4.78 is 5.39. The number of amides is 1. The lowest BCUT2D eigenvalue weighted by atomic mass is 9.73. The van der Waals surface area contributed by atoms with Crippen molar-refractivity contribution in [3.63, 3.8) is 0 Å². The van der Waals surface area contributed by atoms with E-state index in [0.29, 0.717) is 11.5 Å². The maximum Gasteiger partial charge on any atom is 0.262 e. The van der Waals surface area contributed by atoms with Crippen LogP contribution in [0.5, 0.6) is 5.75 Å². The number of benzene rings is 1. The second kappa shape index (κ2) is 5.68. The molecule has 0 spiro atoms. The lowest BCUT2D eigenvalue weighted by Gasteiger charge is -2.39. The van der Waals surface area contributed by atoms with Crippen molar-refractivity contribution in [1.82, 2.24) is 5.32 Å². The van der Waals surface area contributed by atoms with Crippen LogP contribution in [0.3, 0.4) is 0 Å². The highest BCUT2D eigenvalue weighted by Gasteiger charge is 2.31. The monoisotopic (exact) mass is 288 g/mol. The quantitative estimate of drug-likeness (QED) is 0.898. The van der Waals surface area contributed by atoms with E-state index in [-0.39, 0.29) is 12.5 Å². The molecule has 114 valence electrons. The summed E-state index contributed by atoms with van der Waals surface area (Å²) in [7, 11) is 0. The van der Waals surface area contributed by atoms with E-state index in [9.17, 15) is 4.79 Å². The molecule has 1 heterocycles. The molecule has 0 aromatic heterocycles. The van der Waals surface area contributed by atoms with Gasteiger partial charge in [0.05, 0.1) is 5.69 Å². The zero-order valence-corrected chi connectivity index (χ0v) is 12.9. The molecule has 1 aromatic carbocycles. The summed E-state index contributed by atoms with van der Waals surface area (Å²) in [4.78, 5) is 11.4. The predicted octanol–water partition coefficient (Wildman–Crippen LogP) is 3.08. The van der Waals surface area contributed by atoms with Gasteiger partial charge in [0.1, 0.15) is 5.75 Å². The molecule has 0 radical (unpaired) electrons. The van der Waals surface area contributed by atoms with Gasteiger partial charge in [-0.15, -0.1) is 0 Å². The molecule has 1 saturated carbocycles. The third-order valence-electron chi connectivity index (χ3n) is 4.74. The minimum absolute atomic E-state index is 0.0824. The Bertz CT molecular complexity index is 540. The lowest BCUT2D eigenvalue weighted by Crippen LogP contribution is -2.43. The molecule has 1 fully saturated rings. The largest absolute Gasteiger partial charge is 0.482 e. The maximum absolute atomic E-state index is 11.4. The van der Waals surface area contributed by atoms with Gasteiger partial charge in [-0.2, -0.15) is 0 Å². The third-order valence-corrected chi connectivity index (χ3v) is 4.74. The highest BCUT2D eigenvalue weighted by atomic mass is 16.5. The van der Waals surface area contributed by atoms with Gasteiger partial charge >= 0.3 is 0 Å². The van der Waals surface area contributed by atoms with Crippen molar-refractivity contribution in [3.05, 3.63) is 23.8 Å². The Morgan fingerprint density at radius 2 is 2.24 bits per heavy atom. The van der Waals surface area contributed by atoms with Gasteiger partial charge < -0.3 is 15.4 Å². The Balaban J connectivity index is 1.65. The molecule has 4 heteroatoms. The Kier molecular flexibility index (Phi) is 3.89. The zero-order valence-electron chi connectivity index (χ0n) is 12.9. The van der Waals surface area contributed by atoms with Crippen LogP contribution < -0.4 is 15.4 Å². The van der Waals surface area contributed by atoms with Gasteiger partial charge in [-0.3, -0.25) is 4.79 Å². The van der Waals surface area contributed by atoms with Crippen molar-refractivity contribution in [3.8, 4) is 5.75 Å². The summed E-state index contributed by atoms with van der Waals surface area (Å²) in [5.41, 5.74) is 2.33. The van der Waals surface area contributed by atoms with Crippen LogP contribution in [-0.2, 0) is 11.3 Å². The summed E-state index contributed by atoms with van der Waals surface area (Å²) in [6.45, 7) is 5.65. The molecule has 3 rings (SSSR count). The van der Waals surface area contributed by atoms with E-state index in [4.69, 9.17) is 4.74 Å². The van der Waals surface area contributed by atoms with Gasteiger partial charge in [-0.05, 0) is 36.0 Å². The summed E-state index contributed by atoms with van der Waals surface area (Å²) in [5.74, 6) is 0.678. The molecule has 4 nitrogen and oxygen atoms in total. The topological polar surface area (TPSA) is 50.4 Å². The molecule has 1 aliphatic heterocycles. The van der Waals surface area contributed by atoms with E-state index in [2.05, 4.69) is 30.5 Å². The van der Waals surface area contributed by atoms with Gasteiger partial charge in [0.25, 0.3) is 5.91 Å². The molecular weight excluding hydrogens is 264 g/mol. The van der Waals surface area contributed by atoms with Gasteiger partial charge in [0.2, 0.25) is 0 Å². The number of nitrogens with one attached hydrogen (secondary N) is 2. The van der Waals surface area contributed by atoms with Crippen molar-refractivity contribution in [2.45, 2.75) is 52.1 Å². The van der Waals surface area contributed by atoms with Crippen molar-refractivity contribution in [1.29, 1.82) is 0 Å². The Hall–Kier alpha value is -1.55. The fraction of sp³-hybridized carbons (Fsp3) is 0.588. The minimum atomic E-state index is -0.0824. The van der Waals surface area contributed by atoms with Crippen molar-refractivity contribution < 1.29 is 9.53 Å². The molecule has 2 N–H and O–H groups in total. The van der Waals surface area contributed by atoms with E-state index in [1.807, 2.05) is 12.1 Å². The summed E-state index contributed by atoms with van der Waals surface area (Å²) >= 11 is 0. The number of fused-ring (bicyclic) bond motifs is 1. The summed E-state index contributed by atoms with van der Waals surface area (Å²) in [6, 6.07) is 6.58. The normalized spacial score (nSPS) is 23.9. The number of hydrogen-bond acceptors (Lipinski definition) is 3. The molecule has 21 heavy (non-hydrogen) atoms. The Morgan fingerprint density at radius 1 is 1.38 bits per heavy atom. The second-order valence-corrected chi connectivity index (χ2v) is 6.84. The molecule has 0 bridgehead atoms. The van der Waals surface area contributed by atoms with Crippen LogP contribution >= 0.6 is 0 Å². The molecule has 1 unspecified atom stereocenters. The standard InChI is InChI=1S/C17H24N2O2/c1-17(2)8-4-3-5-15(17)18-10-12-6-7-14-13(9-12)19-16(20)11-21-14/h6-7,9,15,18H,3-5,8,10-11H2,1-2H3,(H,19,20). The van der Waals surface area contributed by atoms with Crippen LogP contribution in [0.1, 0.15) is 45.1 Å². The smallest absolute Gasteiger partial charge is 0.262 e. The van der Waals surface area contributed by atoms with E-state index in [1.165, 1.54) is 31.2 Å². The highest BCUT2D eigenvalue weighted by molar-refractivity contribution is 5.95. The van der Waals surface area contributed by atoms with Crippen molar-refractivity contribution in [2.75, 3.05) is 11.9 Å². The number of carbonyl (C=O) groups excluding carboxylic acids is 1. The van der Waals surface area contributed by atoms with Crippen LogP contribution in [0.2, 0.25) is 0 Å². The SMILES string of the molecule is CC1(C)CCCCC1NCc1ccc2c(c1)NC(=O)CO2. The van der Waals surface area contributed by atoms with Crippen molar-refractivity contribution in [2.24, 2.45) is 5.41 Å². The molecular formula is C17H24N2O2. The highest BCUT2D eigenvalue weighted by Crippen LogP contribution is 2.35. The first-order valence-electron chi connectivity index (χ1n) is 7.83. The number of anilines is 1. The van der Waals surface area contributed by atoms with E-state index >= 15 is 0 Å². The fourth-order valence-electron chi connectivity index (χ4n) is 3.35. The maximum atomic E-state index is 11.4. The van der Waals surface area contributed by atoms with Crippen LogP contribution in [0.4, 0.5) is 5.69 Å². The lowest BCUT2D eigenvalue weighted by molar-refractivity contribution is -0.118. The van der Waals surface area contributed by atoms with E-state index in [0.717, 1.165) is 18.0 Å². The molecule has 1 aliphatic carbocycles. The number of ether oxygens (including phenoxy) is 1. The molecule has 1 atom stereocenters. The summed E-state index contributed by atoms with van der Waals surface area (Å²) in [6.07, 6.45) is 5.19. The number of carbonyl (C=O) groups is 1. The molecule has 1 aromatic rings. The average molecular weight is 288 g/mol. The van der Waals surface area contributed by atoms with E-state index < -0.39 is 0 Å². The fourth-order valence-corrected chi connectivity index (χ4v) is 3.35. The second-order valence-electron chi connectivity index (χ2n) is 6.84. The van der Waals surface area contributed by atoms with Gasteiger partial charge in [0.15, 0.2) is 6.61 Å². The van der Waals surface area contributed by atoms with E-state index in [1.54, 1.807) is 0 Å². The number of hydrogen-bond donors (Lipinski definition) is 2. The molecule has 0 saturated heterocycles. The van der Waals surface area contributed by atoms with Crippen molar-refractivity contribution >= 4 is 11.6 Å². The first-order chi connectivity index (χ1) is 10.0. The number of rotatable bonds is 3. The van der Waals surface area contributed by atoms with Gasteiger partial charge in [-0.1, -0.05) is 32.8 Å². The first kappa shape index (κ1) is 14.4. The van der Waals surface area contributed by atoms with Gasteiger partial charge in [-0.25, -0.2) is 0 Å². The Morgan fingerprint density at radius 3 is 3.05 bits per heavy atom. The Labute approximate surface area is 126 Å². The van der Waals surface area contributed by atoms with Crippen LogP contribution in [-0.4, -0.2) is 18.6 Å². The molecule has 1 amide bonds. The third kappa shape index (κ3) is 3.21. The zero-order chi connectivity index (χ0) is 14.9. The van der Waals surface area contributed by atoms with Crippen LogP contribution in [0.25, 0.3) is 0 Å². The first-order valence-corrected chi connectivity index (χ1v) is 7.83. The summed E-state index contributed by atoms with van der Waals surface area (Å²) in [5, 5.41) is 6.56. The minimum Gasteiger partial charge on any atom is -0.482 e.